The summed E-state index contributed by atoms with van der Waals surface area (Å²) in [4.78, 5) is 4.18. The summed E-state index contributed by atoms with van der Waals surface area (Å²) in [6, 6.07) is 1.95. The first-order valence-corrected chi connectivity index (χ1v) is 3.58. The molecular formula is C9H9NO. The maximum atomic E-state index is 5.29. The first-order chi connectivity index (χ1) is 5.27. The Morgan fingerprint density at radius 2 is 2.18 bits per heavy atom. The van der Waals surface area contributed by atoms with Crippen LogP contribution in [0.15, 0.2) is 22.9 Å². The van der Waals surface area contributed by atoms with Crippen LogP contribution in [0.3, 0.4) is 0 Å². The minimum absolute atomic E-state index is 0.926. The predicted octanol–water partition coefficient (Wildman–Crippen LogP) is 2.44. The molecule has 2 nitrogen and oxygen atoms in total. The SMILES string of the molecule is Cc1cc2occ(C)c2cn1. The zero-order chi connectivity index (χ0) is 7.84. The third-order valence-corrected chi connectivity index (χ3v) is 1.79. The molecule has 0 fully saturated rings. The van der Waals surface area contributed by atoms with Crippen molar-refractivity contribution in [1.82, 2.24) is 4.98 Å². The maximum Gasteiger partial charge on any atom is 0.137 e. The number of aromatic nitrogens is 1. The molecule has 11 heavy (non-hydrogen) atoms. The molecule has 0 unspecified atom stereocenters. The normalized spacial score (nSPS) is 10.7. The Bertz CT molecular complexity index is 389. The summed E-state index contributed by atoms with van der Waals surface area (Å²) in [7, 11) is 0. The number of aryl methyl sites for hydroxylation is 2. The molecule has 0 atom stereocenters. The highest BCUT2D eigenvalue weighted by atomic mass is 16.3. The summed E-state index contributed by atoms with van der Waals surface area (Å²) in [6.45, 7) is 3.97. The quantitative estimate of drug-likeness (QED) is 0.572. The van der Waals surface area contributed by atoms with Crippen LogP contribution in [0.1, 0.15) is 11.3 Å². The van der Waals surface area contributed by atoms with Gasteiger partial charge in [-0.2, -0.15) is 0 Å². The Labute approximate surface area is 64.9 Å². The molecule has 0 saturated heterocycles. The van der Waals surface area contributed by atoms with Crippen molar-refractivity contribution in [1.29, 1.82) is 0 Å². The number of hydrogen-bond donors (Lipinski definition) is 0. The van der Waals surface area contributed by atoms with Gasteiger partial charge in [-0.25, -0.2) is 0 Å². The van der Waals surface area contributed by atoms with Crippen LogP contribution < -0.4 is 0 Å². The first kappa shape index (κ1) is 6.40. The standard InChI is InChI=1S/C9H9NO/c1-6-5-11-9-3-7(2)10-4-8(6)9/h3-5H,1-2H3. The second-order valence-corrected chi connectivity index (χ2v) is 2.74. The molecule has 2 rings (SSSR count). The Balaban J connectivity index is 2.86. The maximum absolute atomic E-state index is 5.29. The third-order valence-electron chi connectivity index (χ3n) is 1.79. The third kappa shape index (κ3) is 0.909. The molecule has 0 saturated carbocycles. The molecule has 0 spiro atoms. The minimum Gasteiger partial charge on any atom is -0.464 e. The van der Waals surface area contributed by atoms with Crippen LogP contribution in [0, 0.1) is 13.8 Å². The van der Waals surface area contributed by atoms with Gasteiger partial charge in [0.1, 0.15) is 5.58 Å². The fraction of sp³-hybridized carbons (Fsp3) is 0.222. The molecule has 2 heterocycles. The van der Waals surface area contributed by atoms with Gasteiger partial charge in [0.15, 0.2) is 0 Å². The van der Waals surface area contributed by atoms with Crippen LogP contribution in [0.25, 0.3) is 11.0 Å². The van der Waals surface area contributed by atoms with E-state index >= 15 is 0 Å². The number of pyridine rings is 1. The Hall–Kier alpha value is -1.31. The van der Waals surface area contributed by atoms with E-state index in [9.17, 15) is 0 Å². The van der Waals surface area contributed by atoms with E-state index in [2.05, 4.69) is 4.98 Å². The van der Waals surface area contributed by atoms with Gasteiger partial charge in [0.05, 0.1) is 6.26 Å². The largest absolute Gasteiger partial charge is 0.464 e. The molecule has 0 N–H and O–H groups in total. The molecule has 0 aliphatic heterocycles. The lowest BCUT2D eigenvalue weighted by Crippen LogP contribution is -1.77. The van der Waals surface area contributed by atoms with E-state index in [1.807, 2.05) is 26.1 Å². The Kier molecular flexibility index (Phi) is 1.22. The van der Waals surface area contributed by atoms with E-state index in [1.165, 1.54) is 0 Å². The topological polar surface area (TPSA) is 26.0 Å². The van der Waals surface area contributed by atoms with Crippen molar-refractivity contribution in [2.45, 2.75) is 13.8 Å². The van der Waals surface area contributed by atoms with E-state index < -0.39 is 0 Å². The fourth-order valence-electron chi connectivity index (χ4n) is 1.14. The van der Waals surface area contributed by atoms with Crippen LogP contribution in [-0.4, -0.2) is 4.98 Å². The summed E-state index contributed by atoms with van der Waals surface area (Å²) >= 11 is 0. The van der Waals surface area contributed by atoms with E-state index in [0.29, 0.717) is 0 Å². The predicted molar refractivity (Wildman–Crippen MR) is 43.5 cm³/mol. The minimum atomic E-state index is 0.926. The van der Waals surface area contributed by atoms with Crippen LogP contribution in [0.4, 0.5) is 0 Å². The molecule has 2 aromatic heterocycles. The molecule has 2 aromatic rings. The zero-order valence-electron chi connectivity index (χ0n) is 6.59. The molecular weight excluding hydrogens is 138 g/mol. The summed E-state index contributed by atoms with van der Waals surface area (Å²) in [5.74, 6) is 0. The number of hydrogen-bond acceptors (Lipinski definition) is 2. The molecule has 0 bridgehead atoms. The van der Waals surface area contributed by atoms with Gasteiger partial charge in [-0.3, -0.25) is 4.98 Å². The molecule has 56 valence electrons. The van der Waals surface area contributed by atoms with Crippen molar-refractivity contribution in [2.75, 3.05) is 0 Å². The monoisotopic (exact) mass is 147 g/mol. The fourth-order valence-corrected chi connectivity index (χ4v) is 1.14. The molecule has 0 amide bonds. The highest BCUT2D eigenvalue weighted by molar-refractivity contribution is 5.79. The van der Waals surface area contributed by atoms with Crippen molar-refractivity contribution in [3.05, 3.63) is 29.8 Å². The molecule has 0 aromatic carbocycles. The second-order valence-electron chi connectivity index (χ2n) is 2.74. The van der Waals surface area contributed by atoms with Gasteiger partial charge in [0.2, 0.25) is 0 Å². The number of rotatable bonds is 0. The van der Waals surface area contributed by atoms with Crippen LogP contribution in [0.5, 0.6) is 0 Å². The van der Waals surface area contributed by atoms with Gasteiger partial charge in [-0.1, -0.05) is 0 Å². The van der Waals surface area contributed by atoms with Crippen LogP contribution >= 0.6 is 0 Å². The van der Waals surface area contributed by atoms with Gasteiger partial charge in [0, 0.05) is 23.3 Å². The van der Waals surface area contributed by atoms with Crippen molar-refractivity contribution < 1.29 is 4.42 Å². The van der Waals surface area contributed by atoms with Gasteiger partial charge in [0.25, 0.3) is 0 Å². The molecule has 2 heteroatoms. The summed E-state index contributed by atoms with van der Waals surface area (Å²) in [6.07, 6.45) is 3.61. The number of fused-ring (bicyclic) bond motifs is 1. The molecule has 0 radical (unpaired) electrons. The van der Waals surface area contributed by atoms with E-state index in [0.717, 1.165) is 22.2 Å². The average molecular weight is 147 g/mol. The summed E-state index contributed by atoms with van der Waals surface area (Å²) in [5, 5.41) is 1.11. The van der Waals surface area contributed by atoms with Gasteiger partial charge in [-0.05, 0) is 19.4 Å². The van der Waals surface area contributed by atoms with Gasteiger partial charge >= 0.3 is 0 Å². The number of furan rings is 1. The van der Waals surface area contributed by atoms with Crippen molar-refractivity contribution in [3.63, 3.8) is 0 Å². The average Bonchev–Trinajstić information content (AvgIpc) is 2.32. The summed E-state index contributed by atoms with van der Waals surface area (Å²) < 4.78 is 5.29. The second kappa shape index (κ2) is 2.09. The van der Waals surface area contributed by atoms with E-state index in [-0.39, 0.29) is 0 Å². The van der Waals surface area contributed by atoms with Crippen LogP contribution in [-0.2, 0) is 0 Å². The van der Waals surface area contributed by atoms with Crippen LogP contribution in [0.2, 0.25) is 0 Å². The summed E-state index contributed by atoms with van der Waals surface area (Å²) in [5.41, 5.74) is 3.06. The lowest BCUT2D eigenvalue weighted by molar-refractivity contribution is 0.612. The highest BCUT2D eigenvalue weighted by Gasteiger charge is 2.00. The number of nitrogens with zero attached hydrogens (tertiary/aromatic N) is 1. The molecule has 0 aliphatic rings. The van der Waals surface area contributed by atoms with Gasteiger partial charge in [-0.15, -0.1) is 0 Å². The first-order valence-electron chi connectivity index (χ1n) is 3.58. The van der Waals surface area contributed by atoms with Crippen molar-refractivity contribution in [2.24, 2.45) is 0 Å². The lowest BCUT2D eigenvalue weighted by atomic mass is 10.2. The van der Waals surface area contributed by atoms with Crippen molar-refractivity contribution >= 4 is 11.0 Å². The van der Waals surface area contributed by atoms with E-state index in [1.54, 1.807) is 6.26 Å². The van der Waals surface area contributed by atoms with E-state index in [4.69, 9.17) is 4.42 Å². The zero-order valence-corrected chi connectivity index (χ0v) is 6.59. The Morgan fingerprint density at radius 3 is 3.00 bits per heavy atom. The van der Waals surface area contributed by atoms with Gasteiger partial charge < -0.3 is 4.42 Å². The Morgan fingerprint density at radius 1 is 1.36 bits per heavy atom. The molecule has 0 aliphatic carbocycles. The lowest BCUT2D eigenvalue weighted by Gasteiger charge is -1.90. The smallest absolute Gasteiger partial charge is 0.137 e. The highest BCUT2D eigenvalue weighted by Crippen LogP contribution is 2.19. The van der Waals surface area contributed by atoms with Crippen molar-refractivity contribution in [3.8, 4) is 0 Å².